The molecule has 3 heterocycles. The maximum Gasteiger partial charge on any atom is 0.250 e. The van der Waals surface area contributed by atoms with Gasteiger partial charge in [0.05, 0.1) is 22.5 Å². The maximum atomic E-state index is 13.4. The van der Waals surface area contributed by atoms with Crippen molar-refractivity contribution in [2.75, 3.05) is 5.32 Å². The quantitative estimate of drug-likeness (QED) is 0.639. The van der Waals surface area contributed by atoms with Crippen molar-refractivity contribution in [3.63, 3.8) is 0 Å². The van der Waals surface area contributed by atoms with Crippen molar-refractivity contribution in [1.29, 1.82) is 0 Å². The Kier molecular flexibility index (Phi) is 4.24. The lowest BCUT2D eigenvalue weighted by Gasteiger charge is -2.31. The molecule has 0 radical (unpaired) electrons. The minimum Gasteiger partial charge on any atom is -0.370 e. The van der Waals surface area contributed by atoms with Gasteiger partial charge in [0.1, 0.15) is 5.54 Å². The van der Waals surface area contributed by atoms with Gasteiger partial charge in [-0.2, -0.15) is 0 Å². The summed E-state index contributed by atoms with van der Waals surface area (Å²) in [7, 11) is 0. The highest BCUT2D eigenvalue weighted by Gasteiger charge is 2.70. The van der Waals surface area contributed by atoms with Crippen molar-refractivity contribution < 1.29 is 19.2 Å². The summed E-state index contributed by atoms with van der Waals surface area (Å²) in [6.45, 7) is 3.67. The van der Waals surface area contributed by atoms with Gasteiger partial charge in [-0.15, -0.1) is 0 Å². The molecular weight excluding hydrogens is 384 g/mol. The first-order valence-corrected chi connectivity index (χ1v) is 9.65. The van der Waals surface area contributed by atoms with Crippen LogP contribution in [0.4, 0.5) is 5.69 Å². The number of carbonyl (C=O) groups is 4. The van der Waals surface area contributed by atoms with Gasteiger partial charge in [-0.1, -0.05) is 30.7 Å². The summed E-state index contributed by atoms with van der Waals surface area (Å²) in [5.74, 6) is -3.65. The average Bonchev–Trinajstić information content (AvgIpc) is 3.21. The van der Waals surface area contributed by atoms with E-state index < -0.39 is 41.1 Å². The van der Waals surface area contributed by atoms with Crippen molar-refractivity contribution in [3.8, 4) is 0 Å². The lowest BCUT2D eigenvalue weighted by atomic mass is 9.76. The van der Waals surface area contributed by atoms with Gasteiger partial charge in [0.15, 0.2) is 0 Å². The van der Waals surface area contributed by atoms with Crippen LogP contribution in [0, 0.1) is 11.8 Å². The van der Waals surface area contributed by atoms with Crippen LogP contribution in [0.1, 0.15) is 32.3 Å². The van der Waals surface area contributed by atoms with Crippen LogP contribution in [0.15, 0.2) is 18.2 Å². The Morgan fingerprint density at radius 2 is 2.04 bits per heavy atom. The molecule has 1 aromatic carbocycles. The van der Waals surface area contributed by atoms with Crippen LogP contribution < -0.4 is 16.4 Å². The number of imide groups is 1. The third-order valence-corrected chi connectivity index (χ3v) is 6.50. The van der Waals surface area contributed by atoms with E-state index in [2.05, 4.69) is 10.6 Å². The molecule has 3 aliphatic heterocycles. The van der Waals surface area contributed by atoms with E-state index in [0.29, 0.717) is 22.7 Å². The number of carbonyl (C=O) groups excluding carboxylic acids is 4. The van der Waals surface area contributed by atoms with Gasteiger partial charge in [0.2, 0.25) is 23.6 Å². The van der Waals surface area contributed by atoms with Crippen molar-refractivity contribution in [1.82, 2.24) is 10.2 Å². The molecule has 4 rings (SSSR count). The zero-order valence-electron chi connectivity index (χ0n) is 15.5. The zero-order valence-corrected chi connectivity index (χ0v) is 16.2. The van der Waals surface area contributed by atoms with Gasteiger partial charge in [-0.05, 0) is 19.4 Å². The first kappa shape index (κ1) is 18.9. The summed E-state index contributed by atoms with van der Waals surface area (Å²) in [5, 5.41) is 6.22. The zero-order chi connectivity index (χ0) is 20.4. The molecule has 1 aromatic rings. The third-order valence-electron chi connectivity index (χ3n) is 6.19. The Bertz CT molecular complexity index is 919. The van der Waals surface area contributed by atoms with Crippen molar-refractivity contribution >= 4 is 40.9 Å². The minimum absolute atomic E-state index is 0.153. The van der Waals surface area contributed by atoms with E-state index >= 15 is 0 Å². The molecule has 1 spiro atoms. The number of hydrogen-bond donors (Lipinski definition) is 3. The fourth-order valence-corrected chi connectivity index (χ4v) is 5.05. The Morgan fingerprint density at radius 1 is 1.32 bits per heavy atom. The highest BCUT2D eigenvalue weighted by molar-refractivity contribution is 6.35. The molecule has 3 aliphatic rings. The number of nitrogens with one attached hydrogen (secondary N) is 2. The predicted octanol–water partition coefficient (Wildman–Crippen LogP) is 0.734. The number of likely N-dealkylation sites (tertiary alicyclic amines) is 1. The van der Waals surface area contributed by atoms with E-state index in [1.54, 1.807) is 25.1 Å². The normalized spacial score (nSPS) is 31.9. The monoisotopic (exact) mass is 404 g/mol. The molecule has 8 nitrogen and oxygen atoms in total. The van der Waals surface area contributed by atoms with Gasteiger partial charge in [-0.3, -0.25) is 29.4 Å². The molecule has 148 valence electrons. The molecule has 4 N–H and O–H groups in total. The number of primary amides is 1. The second-order valence-corrected chi connectivity index (χ2v) is 8.06. The molecule has 0 bridgehead atoms. The number of halogens is 1. The summed E-state index contributed by atoms with van der Waals surface area (Å²) in [6, 6.07) is 4.01. The minimum atomic E-state index is -1.46. The number of anilines is 1. The van der Waals surface area contributed by atoms with Gasteiger partial charge in [-0.25, -0.2) is 0 Å². The number of nitrogens with zero attached hydrogens (tertiary/aromatic N) is 1. The highest BCUT2D eigenvalue weighted by Crippen LogP contribution is 2.54. The lowest BCUT2D eigenvalue weighted by Crippen LogP contribution is -2.54. The first-order chi connectivity index (χ1) is 13.2. The maximum absolute atomic E-state index is 13.4. The SMILES string of the molecule is CC[C@@H](C)N1C(=O)[C@@H]2[C@H](CC(N)=O)N[C@@]3(C(=O)Nc4c(Cl)cccc43)[C@@H]2C1=O. The number of para-hydroxylation sites is 1. The van der Waals surface area contributed by atoms with E-state index in [1.807, 2.05) is 6.92 Å². The van der Waals surface area contributed by atoms with Crippen molar-refractivity contribution in [2.24, 2.45) is 17.6 Å². The molecular formula is C19H21ClN4O4. The molecule has 0 unspecified atom stereocenters. The summed E-state index contributed by atoms with van der Waals surface area (Å²) in [6.07, 6.45) is 0.436. The fraction of sp³-hybridized carbons (Fsp3) is 0.474. The van der Waals surface area contributed by atoms with Crippen LogP contribution in [0.25, 0.3) is 0 Å². The van der Waals surface area contributed by atoms with Gasteiger partial charge in [0.25, 0.3) is 0 Å². The Balaban J connectivity index is 1.90. The first-order valence-electron chi connectivity index (χ1n) is 9.27. The van der Waals surface area contributed by atoms with Crippen molar-refractivity contribution in [2.45, 2.75) is 44.3 Å². The number of rotatable bonds is 4. The third kappa shape index (κ3) is 2.28. The standard InChI is InChI=1S/C19H21ClN4O4/c1-3-8(2)24-16(26)13-11(7-12(21)25)23-19(14(13)17(24)27)9-5-4-6-10(20)15(9)22-18(19)28/h4-6,8,11,13-14,23H,3,7H2,1-2H3,(H2,21,25)(H,22,28)/t8-,11+,13-,14+,19-/m1/s1. The molecule has 28 heavy (non-hydrogen) atoms. The van der Waals surface area contributed by atoms with E-state index in [0.717, 1.165) is 0 Å². The van der Waals surface area contributed by atoms with Gasteiger partial charge in [0, 0.05) is 24.1 Å². The largest absolute Gasteiger partial charge is 0.370 e. The summed E-state index contributed by atoms with van der Waals surface area (Å²) in [5.41, 5.74) is 4.86. The van der Waals surface area contributed by atoms with Crippen LogP contribution in [0.2, 0.25) is 5.02 Å². The number of amides is 4. The summed E-state index contributed by atoms with van der Waals surface area (Å²) >= 11 is 6.25. The van der Waals surface area contributed by atoms with Gasteiger partial charge >= 0.3 is 0 Å². The molecule has 2 fully saturated rings. The Labute approximate surface area is 166 Å². The lowest BCUT2D eigenvalue weighted by molar-refractivity contribution is -0.145. The topological polar surface area (TPSA) is 122 Å². The summed E-state index contributed by atoms with van der Waals surface area (Å²) < 4.78 is 0. The van der Waals surface area contributed by atoms with Crippen LogP contribution in [0.5, 0.6) is 0 Å². The van der Waals surface area contributed by atoms with E-state index in [-0.39, 0.29) is 18.4 Å². The molecule has 2 saturated heterocycles. The number of nitrogens with two attached hydrogens (primary N) is 1. The fourth-order valence-electron chi connectivity index (χ4n) is 4.82. The number of fused-ring (bicyclic) bond motifs is 4. The molecule has 9 heteroatoms. The molecule has 0 aliphatic carbocycles. The van der Waals surface area contributed by atoms with E-state index in [4.69, 9.17) is 17.3 Å². The molecule has 4 amide bonds. The molecule has 0 aromatic heterocycles. The van der Waals surface area contributed by atoms with Crippen LogP contribution in [-0.4, -0.2) is 40.6 Å². The second kappa shape index (κ2) is 6.28. The second-order valence-electron chi connectivity index (χ2n) is 7.65. The van der Waals surface area contributed by atoms with Crippen LogP contribution >= 0.6 is 11.6 Å². The highest BCUT2D eigenvalue weighted by atomic mass is 35.5. The number of hydrogen-bond acceptors (Lipinski definition) is 5. The van der Waals surface area contributed by atoms with Crippen LogP contribution in [-0.2, 0) is 24.7 Å². The predicted molar refractivity (Wildman–Crippen MR) is 101 cm³/mol. The summed E-state index contributed by atoms with van der Waals surface area (Å²) in [4.78, 5) is 52.6. The van der Waals surface area contributed by atoms with Crippen molar-refractivity contribution in [3.05, 3.63) is 28.8 Å². The Morgan fingerprint density at radius 3 is 2.68 bits per heavy atom. The van der Waals surface area contributed by atoms with Gasteiger partial charge < -0.3 is 11.1 Å². The number of benzene rings is 1. The van der Waals surface area contributed by atoms with Crippen LogP contribution in [0.3, 0.4) is 0 Å². The molecule has 0 saturated carbocycles. The smallest absolute Gasteiger partial charge is 0.250 e. The van der Waals surface area contributed by atoms with E-state index in [1.165, 1.54) is 4.90 Å². The van der Waals surface area contributed by atoms with E-state index in [9.17, 15) is 19.2 Å². The Hall–Kier alpha value is -2.45. The molecule has 5 atom stereocenters. The average molecular weight is 405 g/mol.